The highest BCUT2D eigenvalue weighted by atomic mass is 35.5. The van der Waals surface area contributed by atoms with Crippen LogP contribution in [-0.4, -0.2) is 13.1 Å². The topological polar surface area (TPSA) is 12.0 Å². The van der Waals surface area contributed by atoms with Crippen LogP contribution in [-0.2, 0) is 0 Å². The number of hydrogen-bond acceptors (Lipinski definition) is 1. The summed E-state index contributed by atoms with van der Waals surface area (Å²) in [5.74, 6) is 0. The van der Waals surface area contributed by atoms with Crippen molar-refractivity contribution in [2.24, 2.45) is 0 Å². The molecule has 1 aliphatic heterocycles. The highest BCUT2D eigenvalue weighted by Crippen LogP contribution is 2.28. The molecule has 102 valence electrons. The summed E-state index contributed by atoms with van der Waals surface area (Å²) in [4.78, 5) is 0. The van der Waals surface area contributed by atoms with E-state index in [-0.39, 0.29) is 0 Å². The van der Waals surface area contributed by atoms with Crippen LogP contribution in [0.3, 0.4) is 0 Å². The Labute approximate surface area is 125 Å². The van der Waals surface area contributed by atoms with Crippen LogP contribution in [0.15, 0.2) is 54.1 Å². The SMILES string of the molecule is Clc1cccc(-c2ccccc2C=C2CCNCC2)c1. The third-order valence-corrected chi connectivity index (χ3v) is 3.94. The van der Waals surface area contributed by atoms with Gasteiger partial charge in [-0.05, 0) is 54.8 Å². The molecular weight excluding hydrogens is 266 g/mol. The predicted octanol–water partition coefficient (Wildman–Crippen LogP) is 4.77. The van der Waals surface area contributed by atoms with E-state index in [9.17, 15) is 0 Å². The first-order valence-corrected chi connectivity index (χ1v) is 7.46. The molecule has 20 heavy (non-hydrogen) atoms. The first kappa shape index (κ1) is 13.4. The van der Waals surface area contributed by atoms with Crippen molar-refractivity contribution >= 4 is 17.7 Å². The van der Waals surface area contributed by atoms with Crippen LogP contribution in [0, 0.1) is 0 Å². The van der Waals surface area contributed by atoms with Gasteiger partial charge >= 0.3 is 0 Å². The molecule has 1 heterocycles. The van der Waals surface area contributed by atoms with Gasteiger partial charge in [0.2, 0.25) is 0 Å². The summed E-state index contributed by atoms with van der Waals surface area (Å²) in [5, 5.41) is 4.18. The number of benzene rings is 2. The predicted molar refractivity (Wildman–Crippen MR) is 87.0 cm³/mol. The summed E-state index contributed by atoms with van der Waals surface area (Å²) in [6, 6.07) is 16.6. The zero-order valence-electron chi connectivity index (χ0n) is 11.4. The van der Waals surface area contributed by atoms with Crippen LogP contribution in [0.2, 0.25) is 5.02 Å². The smallest absolute Gasteiger partial charge is 0.0412 e. The Hall–Kier alpha value is -1.57. The van der Waals surface area contributed by atoms with Gasteiger partial charge in [0.05, 0.1) is 0 Å². The van der Waals surface area contributed by atoms with Gasteiger partial charge < -0.3 is 5.32 Å². The molecule has 1 N–H and O–H groups in total. The normalized spacial score (nSPS) is 15.2. The molecule has 0 unspecified atom stereocenters. The summed E-state index contributed by atoms with van der Waals surface area (Å²) in [6.07, 6.45) is 4.63. The minimum absolute atomic E-state index is 0.784. The zero-order valence-corrected chi connectivity index (χ0v) is 12.2. The average Bonchev–Trinajstić information content (AvgIpc) is 2.49. The minimum Gasteiger partial charge on any atom is -0.316 e. The molecule has 1 saturated heterocycles. The Balaban J connectivity index is 2.00. The highest BCUT2D eigenvalue weighted by Gasteiger charge is 2.07. The van der Waals surface area contributed by atoms with Crippen molar-refractivity contribution < 1.29 is 0 Å². The molecule has 3 rings (SSSR count). The lowest BCUT2D eigenvalue weighted by atomic mass is 9.96. The number of piperidine rings is 1. The van der Waals surface area contributed by atoms with Crippen LogP contribution in [0.4, 0.5) is 0 Å². The van der Waals surface area contributed by atoms with Crippen LogP contribution in [0.1, 0.15) is 18.4 Å². The quantitative estimate of drug-likeness (QED) is 0.837. The van der Waals surface area contributed by atoms with Crippen molar-refractivity contribution in [3.63, 3.8) is 0 Å². The zero-order chi connectivity index (χ0) is 13.8. The highest BCUT2D eigenvalue weighted by molar-refractivity contribution is 6.30. The van der Waals surface area contributed by atoms with Gasteiger partial charge in [0.1, 0.15) is 0 Å². The van der Waals surface area contributed by atoms with E-state index in [4.69, 9.17) is 11.6 Å². The molecule has 0 spiro atoms. The molecule has 1 aliphatic rings. The Bertz CT molecular complexity index is 623. The van der Waals surface area contributed by atoms with Crippen molar-refractivity contribution in [2.45, 2.75) is 12.8 Å². The summed E-state index contributed by atoms with van der Waals surface area (Å²) >= 11 is 6.12. The molecule has 0 aromatic heterocycles. The van der Waals surface area contributed by atoms with Gasteiger partial charge in [0.15, 0.2) is 0 Å². The molecule has 0 atom stereocenters. The van der Waals surface area contributed by atoms with Crippen LogP contribution in [0.25, 0.3) is 17.2 Å². The lowest BCUT2D eigenvalue weighted by molar-refractivity contribution is 0.613. The van der Waals surface area contributed by atoms with E-state index in [2.05, 4.69) is 41.7 Å². The largest absolute Gasteiger partial charge is 0.316 e. The van der Waals surface area contributed by atoms with Crippen LogP contribution < -0.4 is 5.32 Å². The standard InChI is InChI=1S/C18H18ClN/c19-17-6-3-5-16(13-17)18-7-2-1-4-15(18)12-14-8-10-20-11-9-14/h1-7,12-13,20H,8-11H2. The third kappa shape index (κ3) is 3.12. The van der Waals surface area contributed by atoms with Gasteiger partial charge in [0, 0.05) is 5.02 Å². The van der Waals surface area contributed by atoms with E-state index in [1.165, 1.54) is 22.3 Å². The first-order valence-electron chi connectivity index (χ1n) is 7.08. The van der Waals surface area contributed by atoms with Crippen molar-refractivity contribution in [1.82, 2.24) is 5.32 Å². The lowest BCUT2D eigenvalue weighted by Gasteiger charge is -2.16. The van der Waals surface area contributed by atoms with E-state index in [0.29, 0.717) is 0 Å². The number of nitrogens with one attached hydrogen (secondary N) is 1. The molecular formula is C18H18ClN. The molecule has 0 bridgehead atoms. The Morgan fingerprint density at radius 1 is 0.950 bits per heavy atom. The van der Waals surface area contributed by atoms with E-state index in [0.717, 1.165) is 31.0 Å². The van der Waals surface area contributed by atoms with E-state index >= 15 is 0 Å². The fraction of sp³-hybridized carbons (Fsp3) is 0.222. The summed E-state index contributed by atoms with van der Waals surface area (Å²) in [6.45, 7) is 2.18. The Morgan fingerprint density at radius 3 is 2.55 bits per heavy atom. The molecule has 0 amide bonds. The monoisotopic (exact) mass is 283 g/mol. The maximum Gasteiger partial charge on any atom is 0.0412 e. The fourth-order valence-electron chi connectivity index (χ4n) is 2.65. The Morgan fingerprint density at radius 2 is 1.75 bits per heavy atom. The van der Waals surface area contributed by atoms with E-state index in [1.54, 1.807) is 0 Å². The molecule has 0 radical (unpaired) electrons. The van der Waals surface area contributed by atoms with Gasteiger partial charge in [-0.1, -0.05) is 59.6 Å². The molecule has 1 nitrogen and oxygen atoms in total. The Kier molecular flexibility index (Phi) is 4.19. The number of halogens is 1. The van der Waals surface area contributed by atoms with Gasteiger partial charge in [-0.15, -0.1) is 0 Å². The molecule has 2 aromatic rings. The summed E-state index contributed by atoms with van der Waals surface area (Å²) < 4.78 is 0. The van der Waals surface area contributed by atoms with E-state index < -0.39 is 0 Å². The molecule has 0 aliphatic carbocycles. The van der Waals surface area contributed by atoms with Gasteiger partial charge in [-0.3, -0.25) is 0 Å². The second kappa shape index (κ2) is 6.25. The van der Waals surface area contributed by atoms with Gasteiger partial charge in [-0.25, -0.2) is 0 Å². The fourth-order valence-corrected chi connectivity index (χ4v) is 2.84. The van der Waals surface area contributed by atoms with Gasteiger partial charge in [-0.2, -0.15) is 0 Å². The first-order chi connectivity index (χ1) is 9.83. The third-order valence-electron chi connectivity index (χ3n) is 3.70. The second-order valence-electron chi connectivity index (χ2n) is 5.15. The van der Waals surface area contributed by atoms with Crippen LogP contribution in [0.5, 0.6) is 0 Å². The van der Waals surface area contributed by atoms with Gasteiger partial charge in [0.25, 0.3) is 0 Å². The molecule has 0 saturated carbocycles. The number of rotatable bonds is 2. The molecule has 1 fully saturated rings. The van der Waals surface area contributed by atoms with Crippen LogP contribution >= 0.6 is 11.6 Å². The maximum atomic E-state index is 6.12. The minimum atomic E-state index is 0.784. The van der Waals surface area contributed by atoms with Crippen molar-refractivity contribution in [1.29, 1.82) is 0 Å². The molecule has 2 heteroatoms. The molecule has 2 aromatic carbocycles. The maximum absolute atomic E-state index is 6.12. The summed E-state index contributed by atoms with van der Waals surface area (Å²) in [7, 11) is 0. The average molecular weight is 284 g/mol. The number of hydrogen-bond donors (Lipinski definition) is 1. The second-order valence-corrected chi connectivity index (χ2v) is 5.59. The van der Waals surface area contributed by atoms with Crippen molar-refractivity contribution in [2.75, 3.05) is 13.1 Å². The lowest BCUT2D eigenvalue weighted by Crippen LogP contribution is -2.22. The van der Waals surface area contributed by atoms with Crippen molar-refractivity contribution in [3.8, 4) is 11.1 Å². The van der Waals surface area contributed by atoms with E-state index in [1.807, 2.05) is 18.2 Å². The van der Waals surface area contributed by atoms with Crippen molar-refractivity contribution in [3.05, 3.63) is 64.7 Å². The summed E-state index contributed by atoms with van der Waals surface area (Å²) in [5.41, 5.74) is 5.24.